The van der Waals surface area contributed by atoms with E-state index >= 15 is 0 Å². The van der Waals surface area contributed by atoms with Gasteiger partial charge in [0.2, 0.25) is 5.91 Å². The Morgan fingerprint density at radius 1 is 1.29 bits per heavy atom. The summed E-state index contributed by atoms with van der Waals surface area (Å²) in [5.41, 5.74) is -1.47. The Morgan fingerprint density at radius 3 is 2.32 bits per heavy atom. The van der Waals surface area contributed by atoms with Gasteiger partial charge in [-0.05, 0) is 43.2 Å². The van der Waals surface area contributed by atoms with Crippen LogP contribution in [0.3, 0.4) is 0 Å². The second kappa shape index (κ2) is 6.59. The highest BCUT2D eigenvalue weighted by atomic mass is 32.2. The molecule has 1 aromatic carbocycles. The predicted octanol–water partition coefficient (Wildman–Crippen LogP) is 1.43. The third-order valence-corrected chi connectivity index (χ3v) is 6.65. The van der Waals surface area contributed by atoms with Crippen molar-refractivity contribution in [1.29, 1.82) is 0 Å². The number of alkyl halides is 3. The molecule has 0 bridgehead atoms. The number of amides is 1. The molecule has 7 nitrogen and oxygen atoms in total. The van der Waals surface area contributed by atoms with Crippen molar-refractivity contribution >= 4 is 21.7 Å². The Labute approximate surface area is 158 Å². The Kier molecular flexibility index (Phi) is 4.79. The molecule has 0 aromatic heterocycles. The number of carboxylic acids is 1. The van der Waals surface area contributed by atoms with Gasteiger partial charge in [-0.2, -0.15) is 13.2 Å². The summed E-state index contributed by atoms with van der Waals surface area (Å²) in [7, 11) is -4.14. The van der Waals surface area contributed by atoms with Crippen LogP contribution in [0, 0.1) is 5.92 Å². The van der Waals surface area contributed by atoms with E-state index < -0.39 is 63.0 Å². The van der Waals surface area contributed by atoms with E-state index in [0.29, 0.717) is 12.1 Å². The van der Waals surface area contributed by atoms with Crippen LogP contribution in [0.25, 0.3) is 0 Å². The third kappa shape index (κ3) is 3.28. The average molecular weight is 419 g/mol. The van der Waals surface area contributed by atoms with Crippen LogP contribution in [0.2, 0.25) is 0 Å². The largest absolute Gasteiger partial charge is 0.477 e. The van der Waals surface area contributed by atoms with Crippen LogP contribution in [0.15, 0.2) is 40.4 Å². The molecular weight excluding hydrogens is 403 g/mol. The number of fused-ring (bicyclic) bond motifs is 1. The van der Waals surface area contributed by atoms with Crippen molar-refractivity contribution < 1.29 is 41.4 Å². The Morgan fingerprint density at radius 2 is 1.86 bits per heavy atom. The molecule has 28 heavy (non-hydrogen) atoms. The maximum atomic E-state index is 12.6. The van der Waals surface area contributed by atoms with Gasteiger partial charge in [0.1, 0.15) is 5.70 Å². The van der Waals surface area contributed by atoms with E-state index in [4.69, 9.17) is 0 Å². The van der Waals surface area contributed by atoms with Gasteiger partial charge >= 0.3 is 12.1 Å². The molecule has 3 atom stereocenters. The van der Waals surface area contributed by atoms with Crippen LogP contribution in [0.5, 0.6) is 0 Å². The smallest absolute Gasteiger partial charge is 0.416 e. The summed E-state index contributed by atoms with van der Waals surface area (Å²) >= 11 is 0. The molecule has 2 aliphatic heterocycles. The number of sulfone groups is 1. The van der Waals surface area contributed by atoms with E-state index in [1.54, 1.807) is 0 Å². The molecule has 0 aliphatic carbocycles. The molecular formula is C17H16F3NO6S. The molecule has 3 rings (SSSR count). The molecule has 0 spiro atoms. The van der Waals surface area contributed by atoms with E-state index in [1.807, 2.05) is 0 Å². The number of benzene rings is 1. The lowest BCUT2D eigenvalue weighted by molar-refractivity contribution is -0.161. The van der Waals surface area contributed by atoms with Gasteiger partial charge in [-0.1, -0.05) is 0 Å². The molecule has 2 aliphatic rings. The number of β-lactam (4-membered cyclic amide) rings is 1. The molecule has 0 saturated carbocycles. The second-order valence-corrected chi connectivity index (χ2v) is 8.77. The quantitative estimate of drug-likeness (QED) is 0.699. The van der Waals surface area contributed by atoms with Gasteiger partial charge in [0.25, 0.3) is 0 Å². The second-order valence-electron chi connectivity index (χ2n) is 6.78. The van der Waals surface area contributed by atoms with Crippen LogP contribution in [0.4, 0.5) is 13.2 Å². The molecule has 3 unspecified atom stereocenters. The summed E-state index contributed by atoms with van der Waals surface area (Å²) in [6.45, 7) is 1.39. The number of nitrogens with zero attached hydrogens (tertiary/aromatic N) is 1. The molecule has 152 valence electrons. The van der Waals surface area contributed by atoms with Crippen LogP contribution in [-0.4, -0.2) is 53.3 Å². The third-order valence-electron chi connectivity index (χ3n) is 4.93. The first-order chi connectivity index (χ1) is 12.8. The molecule has 1 amide bonds. The molecule has 11 heteroatoms. The van der Waals surface area contributed by atoms with Crippen LogP contribution in [-0.2, 0) is 25.6 Å². The van der Waals surface area contributed by atoms with E-state index in [1.165, 1.54) is 6.92 Å². The van der Waals surface area contributed by atoms with Crippen molar-refractivity contribution in [2.24, 2.45) is 5.92 Å². The van der Waals surface area contributed by atoms with Gasteiger partial charge in [-0.3, -0.25) is 4.79 Å². The van der Waals surface area contributed by atoms with E-state index in [0.717, 1.165) is 17.0 Å². The molecule has 2 heterocycles. The fourth-order valence-corrected chi connectivity index (χ4v) is 5.08. The van der Waals surface area contributed by atoms with E-state index in [9.17, 15) is 41.4 Å². The number of carboxylic acid groups (broad SMARTS) is 1. The average Bonchev–Trinajstić information content (AvgIpc) is 2.87. The Bertz CT molecular complexity index is 966. The van der Waals surface area contributed by atoms with E-state index in [-0.39, 0.29) is 16.9 Å². The number of carbonyl (C=O) groups excluding carboxylic acids is 1. The molecule has 1 fully saturated rings. The highest BCUT2D eigenvalue weighted by molar-refractivity contribution is 7.91. The number of hydrogen-bond acceptors (Lipinski definition) is 5. The molecule has 1 aromatic rings. The first kappa shape index (κ1) is 20.3. The standard InChI is InChI=1S/C17H16F3NO6S/c1-8(22)13-12-6-9(14(16(24)25)21(12)15(13)23)7-28(26,27)11-4-2-10(3-5-11)17(18,19)20/h2-5,8,12-13,22H,6-7H2,1H3,(H,24,25). The zero-order valence-corrected chi connectivity index (χ0v) is 15.3. The van der Waals surface area contributed by atoms with Gasteiger partial charge in [-0.15, -0.1) is 0 Å². The number of rotatable bonds is 5. The lowest BCUT2D eigenvalue weighted by Crippen LogP contribution is -2.61. The highest BCUT2D eigenvalue weighted by Crippen LogP contribution is 2.44. The van der Waals surface area contributed by atoms with Gasteiger partial charge in [0.05, 0.1) is 34.3 Å². The fraction of sp³-hybridized carbons (Fsp3) is 0.412. The van der Waals surface area contributed by atoms with Crippen molar-refractivity contribution in [2.75, 3.05) is 5.75 Å². The Balaban J connectivity index is 1.90. The molecule has 0 radical (unpaired) electrons. The SMILES string of the molecule is CC(O)C1C(=O)N2C(C(=O)O)=C(CS(=O)(=O)c3ccc(C(F)(F)F)cc3)CC12. The van der Waals surface area contributed by atoms with Crippen LogP contribution >= 0.6 is 0 Å². The summed E-state index contributed by atoms with van der Waals surface area (Å²) in [5, 5.41) is 19.1. The maximum Gasteiger partial charge on any atom is 0.416 e. The fourth-order valence-electron chi connectivity index (χ4n) is 3.65. The number of aliphatic hydroxyl groups is 1. The predicted molar refractivity (Wildman–Crippen MR) is 88.6 cm³/mol. The van der Waals surface area contributed by atoms with Crippen molar-refractivity contribution in [1.82, 2.24) is 4.90 Å². The van der Waals surface area contributed by atoms with Gasteiger partial charge in [-0.25, -0.2) is 13.2 Å². The van der Waals surface area contributed by atoms with Crippen molar-refractivity contribution in [3.05, 3.63) is 41.1 Å². The normalized spacial score (nSPS) is 23.5. The zero-order chi connectivity index (χ0) is 21.0. The number of carbonyl (C=O) groups is 2. The minimum Gasteiger partial charge on any atom is -0.477 e. The summed E-state index contributed by atoms with van der Waals surface area (Å²) in [5.74, 6) is -3.63. The van der Waals surface area contributed by atoms with Crippen molar-refractivity contribution in [2.45, 2.75) is 36.6 Å². The summed E-state index contributed by atoms with van der Waals surface area (Å²) in [4.78, 5) is 24.3. The van der Waals surface area contributed by atoms with Crippen molar-refractivity contribution in [3.8, 4) is 0 Å². The zero-order valence-electron chi connectivity index (χ0n) is 14.5. The number of hydrogen-bond donors (Lipinski definition) is 2. The van der Waals surface area contributed by atoms with Crippen molar-refractivity contribution in [3.63, 3.8) is 0 Å². The van der Waals surface area contributed by atoms with Crippen LogP contribution < -0.4 is 0 Å². The summed E-state index contributed by atoms with van der Waals surface area (Å²) < 4.78 is 63.1. The van der Waals surface area contributed by atoms with Gasteiger partial charge in [0.15, 0.2) is 9.84 Å². The minimum atomic E-state index is -4.62. The van der Waals surface area contributed by atoms with E-state index in [2.05, 4.69) is 0 Å². The van der Waals surface area contributed by atoms with Gasteiger partial charge < -0.3 is 15.1 Å². The minimum absolute atomic E-state index is 0.0195. The maximum absolute atomic E-state index is 12.6. The number of halogens is 3. The van der Waals surface area contributed by atoms with Gasteiger partial charge in [0, 0.05) is 0 Å². The summed E-state index contributed by atoms with van der Waals surface area (Å²) in [6.07, 6.45) is -5.67. The van der Waals surface area contributed by atoms with Crippen LogP contribution in [0.1, 0.15) is 18.9 Å². The summed E-state index contributed by atoms with van der Waals surface area (Å²) in [6, 6.07) is 2.25. The monoisotopic (exact) mass is 419 g/mol. The lowest BCUT2D eigenvalue weighted by atomic mass is 9.83. The Hall–Kier alpha value is -2.40. The first-order valence-corrected chi connectivity index (χ1v) is 9.86. The first-order valence-electron chi connectivity index (χ1n) is 8.21. The topological polar surface area (TPSA) is 112 Å². The number of aliphatic hydroxyl groups excluding tert-OH is 1. The number of aliphatic carboxylic acids is 1. The highest BCUT2D eigenvalue weighted by Gasteiger charge is 2.56. The lowest BCUT2D eigenvalue weighted by Gasteiger charge is -2.44. The molecule has 2 N–H and O–H groups in total. The molecule has 1 saturated heterocycles.